The highest BCUT2D eigenvalue weighted by Crippen LogP contribution is 2.09. The van der Waals surface area contributed by atoms with Gasteiger partial charge in [-0.15, -0.1) is 0 Å². The fourth-order valence-corrected chi connectivity index (χ4v) is 2.35. The number of aryl methyl sites for hydroxylation is 1. The Morgan fingerprint density at radius 2 is 2.60 bits per heavy atom. The highest BCUT2D eigenvalue weighted by Gasteiger charge is 2.20. The second-order valence-electron chi connectivity index (χ2n) is 3.68. The highest BCUT2D eigenvalue weighted by molar-refractivity contribution is 7.07. The molecule has 15 heavy (non-hydrogen) atoms. The summed E-state index contributed by atoms with van der Waals surface area (Å²) in [6, 6.07) is 1.99. The summed E-state index contributed by atoms with van der Waals surface area (Å²) >= 11 is 1.68. The van der Waals surface area contributed by atoms with Gasteiger partial charge in [0.2, 0.25) is 0 Å². The Morgan fingerprint density at radius 1 is 1.67 bits per heavy atom. The molecule has 3 nitrogen and oxygen atoms in total. The predicted molar refractivity (Wildman–Crippen MR) is 60.3 cm³/mol. The van der Waals surface area contributed by atoms with Crippen molar-refractivity contribution >= 4 is 17.1 Å². The number of ether oxygens (including phenoxy) is 1. The maximum absolute atomic E-state index is 11.8. The van der Waals surface area contributed by atoms with Crippen molar-refractivity contribution < 1.29 is 9.53 Å². The highest BCUT2D eigenvalue weighted by atomic mass is 32.1. The standard InChI is InChI=1S/C11H15NO2S/c13-11(10-7-14-5-4-12-10)2-1-9-3-6-15-8-9/h3,6,8,10,12H,1-2,4-5,7H2. The zero-order valence-corrected chi connectivity index (χ0v) is 9.39. The minimum Gasteiger partial charge on any atom is -0.378 e. The average Bonchev–Trinajstić information content (AvgIpc) is 2.80. The molecule has 1 fully saturated rings. The summed E-state index contributed by atoms with van der Waals surface area (Å²) in [6.07, 6.45) is 1.46. The largest absolute Gasteiger partial charge is 0.378 e. The van der Waals surface area contributed by atoms with E-state index in [2.05, 4.69) is 16.8 Å². The van der Waals surface area contributed by atoms with Crippen molar-refractivity contribution in [2.75, 3.05) is 19.8 Å². The molecule has 1 aliphatic rings. The van der Waals surface area contributed by atoms with E-state index in [9.17, 15) is 4.79 Å². The number of rotatable bonds is 4. The predicted octanol–water partition coefficient (Wildman–Crippen LogP) is 1.24. The quantitative estimate of drug-likeness (QED) is 0.838. The maximum Gasteiger partial charge on any atom is 0.152 e. The first-order valence-electron chi connectivity index (χ1n) is 5.21. The van der Waals surface area contributed by atoms with E-state index in [4.69, 9.17) is 4.74 Å². The average molecular weight is 225 g/mol. The van der Waals surface area contributed by atoms with Crippen LogP contribution in [0, 0.1) is 0 Å². The van der Waals surface area contributed by atoms with E-state index in [1.807, 2.05) is 5.38 Å². The first-order chi connectivity index (χ1) is 7.36. The Morgan fingerprint density at radius 3 is 3.27 bits per heavy atom. The summed E-state index contributed by atoms with van der Waals surface area (Å²) in [6.45, 7) is 2.03. The lowest BCUT2D eigenvalue weighted by molar-refractivity contribution is -0.123. The Kier molecular flexibility index (Phi) is 3.88. The van der Waals surface area contributed by atoms with Crippen molar-refractivity contribution in [3.05, 3.63) is 22.4 Å². The molecule has 0 radical (unpaired) electrons. The fraction of sp³-hybridized carbons (Fsp3) is 0.545. The number of nitrogens with one attached hydrogen (secondary N) is 1. The van der Waals surface area contributed by atoms with Gasteiger partial charge >= 0.3 is 0 Å². The topological polar surface area (TPSA) is 38.3 Å². The van der Waals surface area contributed by atoms with Crippen LogP contribution in [0.5, 0.6) is 0 Å². The number of hydrogen-bond acceptors (Lipinski definition) is 4. The van der Waals surface area contributed by atoms with Crippen LogP contribution in [0.15, 0.2) is 16.8 Å². The Bertz CT molecular complexity index is 304. The summed E-state index contributed by atoms with van der Waals surface area (Å²) in [4.78, 5) is 11.8. The van der Waals surface area contributed by atoms with Gasteiger partial charge in [0.05, 0.1) is 19.3 Å². The monoisotopic (exact) mass is 225 g/mol. The molecule has 1 saturated heterocycles. The molecule has 1 atom stereocenters. The molecule has 1 unspecified atom stereocenters. The van der Waals surface area contributed by atoms with E-state index in [0.717, 1.165) is 13.0 Å². The van der Waals surface area contributed by atoms with E-state index in [0.29, 0.717) is 19.6 Å². The number of morpholine rings is 1. The molecular weight excluding hydrogens is 210 g/mol. The lowest BCUT2D eigenvalue weighted by Crippen LogP contribution is -2.46. The summed E-state index contributed by atoms with van der Waals surface area (Å²) in [5.41, 5.74) is 1.25. The second-order valence-corrected chi connectivity index (χ2v) is 4.46. The van der Waals surface area contributed by atoms with Crippen LogP contribution in [0.25, 0.3) is 0 Å². The summed E-state index contributed by atoms with van der Waals surface area (Å²) in [5, 5.41) is 7.32. The third-order valence-electron chi connectivity index (χ3n) is 2.55. The summed E-state index contributed by atoms with van der Waals surface area (Å²) in [5.74, 6) is 0.265. The second kappa shape index (κ2) is 5.39. The third kappa shape index (κ3) is 3.12. The third-order valence-corrected chi connectivity index (χ3v) is 3.28. The van der Waals surface area contributed by atoms with Crippen molar-refractivity contribution in [1.29, 1.82) is 0 Å². The zero-order valence-electron chi connectivity index (χ0n) is 8.57. The van der Waals surface area contributed by atoms with Crippen LogP contribution >= 0.6 is 11.3 Å². The van der Waals surface area contributed by atoms with E-state index >= 15 is 0 Å². The Hall–Kier alpha value is -0.710. The number of Topliss-reactive ketones (excluding diaryl/α,β-unsaturated/α-hetero) is 1. The van der Waals surface area contributed by atoms with E-state index in [1.165, 1.54) is 5.56 Å². The Balaban J connectivity index is 1.76. The van der Waals surface area contributed by atoms with Gasteiger partial charge in [-0.3, -0.25) is 4.79 Å². The number of carbonyl (C=O) groups is 1. The van der Waals surface area contributed by atoms with Gasteiger partial charge in [-0.05, 0) is 28.8 Å². The first-order valence-corrected chi connectivity index (χ1v) is 6.15. The molecule has 1 aromatic rings. The van der Waals surface area contributed by atoms with Crippen LogP contribution in [0.2, 0.25) is 0 Å². The van der Waals surface area contributed by atoms with Crippen LogP contribution in [0.1, 0.15) is 12.0 Å². The van der Waals surface area contributed by atoms with Gasteiger partial charge in [0.25, 0.3) is 0 Å². The lowest BCUT2D eigenvalue weighted by Gasteiger charge is -2.22. The molecule has 2 rings (SSSR count). The van der Waals surface area contributed by atoms with Crippen LogP contribution < -0.4 is 5.32 Å². The molecule has 0 aliphatic carbocycles. The Labute approximate surface area is 93.4 Å². The van der Waals surface area contributed by atoms with Crippen molar-refractivity contribution in [2.45, 2.75) is 18.9 Å². The van der Waals surface area contributed by atoms with Gasteiger partial charge in [0, 0.05) is 13.0 Å². The lowest BCUT2D eigenvalue weighted by atomic mass is 10.1. The maximum atomic E-state index is 11.8. The molecule has 1 aliphatic heterocycles. The molecule has 4 heteroatoms. The molecule has 0 amide bonds. The van der Waals surface area contributed by atoms with Crippen LogP contribution in [-0.4, -0.2) is 31.6 Å². The molecule has 82 valence electrons. The van der Waals surface area contributed by atoms with Gasteiger partial charge in [-0.25, -0.2) is 0 Å². The van der Waals surface area contributed by atoms with Crippen molar-refractivity contribution in [1.82, 2.24) is 5.32 Å². The van der Waals surface area contributed by atoms with E-state index < -0.39 is 0 Å². The van der Waals surface area contributed by atoms with Crippen LogP contribution in [0.4, 0.5) is 0 Å². The van der Waals surface area contributed by atoms with Gasteiger partial charge in [0.1, 0.15) is 0 Å². The smallest absolute Gasteiger partial charge is 0.152 e. The number of ketones is 1. The van der Waals surface area contributed by atoms with Gasteiger partial charge in [0.15, 0.2) is 5.78 Å². The fourth-order valence-electron chi connectivity index (χ4n) is 1.65. The van der Waals surface area contributed by atoms with Crippen LogP contribution in [-0.2, 0) is 16.0 Å². The van der Waals surface area contributed by atoms with Crippen molar-refractivity contribution in [3.63, 3.8) is 0 Å². The molecule has 0 saturated carbocycles. The molecular formula is C11H15NO2S. The van der Waals surface area contributed by atoms with Crippen LogP contribution in [0.3, 0.4) is 0 Å². The molecule has 1 aromatic heterocycles. The first kappa shape index (κ1) is 10.8. The van der Waals surface area contributed by atoms with Crippen molar-refractivity contribution in [2.24, 2.45) is 0 Å². The normalized spacial score (nSPS) is 21.5. The minimum absolute atomic E-state index is 0.0858. The number of hydrogen-bond donors (Lipinski definition) is 1. The molecule has 0 bridgehead atoms. The van der Waals surface area contributed by atoms with Crippen molar-refractivity contribution in [3.8, 4) is 0 Å². The number of thiophene rings is 1. The SMILES string of the molecule is O=C(CCc1ccsc1)C1COCCN1. The molecule has 0 spiro atoms. The molecule has 1 N–H and O–H groups in total. The summed E-state index contributed by atoms with van der Waals surface area (Å²) in [7, 11) is 0. The van der Waals surface area contributed by atoms with E-state index in [1.54, 1.807) is 11.3 Å². The van der Waals surface area contributed by atoms with Gasteiger partial charge in [-0.1, -0.05) is 0 Å². The minimum atomic E-state index is -0.0858. The van der Waals surface area contributed by atoms with Gasteiger partial charge < -0.3 is 10.1 Å². The summed E-state index contributed by atoms with van der Waals surface area (Å²) < 4.78 is 5.26. The van der Waals surface area contributed by atoms with Gasteiger partial charge in [-0.2, -0.15) is 11.3 Å². The molecule has 0 aromatic carbocycles. The van der Waals surface area contributed by atoms with E-state index in [-0.39, 0.29) is 11.8 Å². The molecule has 2 heterocycles. The number of carbonyl (C=O) groups excluding carboxylic acids is 1. The zero-order chi connectivity index (χ0) is 10.5.